The van der Waals surface area contributed by atoms with Crippen molar-refractivity contribution in [2.24, 2.45) is 0 Å². The van der Waals surface area contributed by atoms with Crippen molar-refractivity contribution in [1.82, 2.24) is 15.1 Å². The summed E-state index contributed by atoms with van der Waals surface area (Å²) >= 11 is 0. The molecular weight excluding hydrogens is 322 g/mol. The number of aromatic nitrogens is 2. The molecule has 0 bridgehead atoms. The van der Waals surface area contributed by atoms with E-state index in [0.29, 0.717) is 30.6 Å². The predicted octanol–water partition coefficient (Wildman–Crippen LogP) is 1.85. The first kappa shape index (κ1) is 17.0. The van der Waals surface area contributed by atoms with Crippen LogP contribution in [0.3, 0.4) is 0 Å². The molecule has 0 saturated carbocycles. The second kappa shape index (κ2) is 7.83. The van der Waals surface area contributed by atoms with Crippen molar-refractivity contribution in [3.63, 3.8) is 0 Å². The van der Waals surface area contributed by atoms with E-state index in [9.17, 15) is 4.79 Å². The minimum atomic E-state index is -0.0920. The van der Waals surface area contributed by atoms with Crippen molar-refractivity contribution in [2.75, 3.05) is 26.8 Å². The highest BCUT2D eigenvalue weighted by atomic mass is 16.5. The molecule has 7 heteroatoms. The van der Waals surface area contributed by atoms with Gasteiger partial charge in [-0.3, -0.25) is 4.79 Å². The van der Waals surface area contributed by atoms with Gasteiger partial charge in [0.1, 0.15) is 11.9 Å². The van der Waals surface area contributed by atoms with E-state index in [-0.39, 0.29) is 18.6 Å². The fourth-order valence-corrected chi connectivity index (χ4v) is 2.64. The van der Waals surface area contributed by atoms with Crippen LogP contribution in [0.1, 0.15) is 12.0 Å². The summed E-state index contributed by atoms with van der Waals surface area (Å²) in [5.74, 6) is 1.52. The van der Waals surface area contributed by atoms with Gasteiger partial charge < -0.3 is 19.1 Å². The first-order valence-corrected chi connectivity index (χ1v) is 8.15. The van der Waals surface area contributed by atoms with Crippen molar-refractivity contribution in [3.05, 3.63) is 42.0 Å². The summed E-state index contributed by atoms with van der Waals surface area (Å²) < 4.78 is 16.3. The summed E-state index contributed by atoms with van der Waals surface area (Å²) in [4.78, 5) is 14.0. The summed E-state index contributed by atoms with van der Waals surface area (Å²) in [6.07, 6.45) is 0.662. The fraction of sp³-hybridized carbons (Fsp3) is 0.389. The van der Waals surface area contributed by atoms with Gasteiger partial charge in [0.05, 0.1) is 13.7 Å². The second-order valence-corrected chi connectivity index (χ2v) is 5.89. The molecule has 2 aromatic rings. The van der Waals surface area contributed by atoms with Crippen molar-refractivity contribution >= 4 is 5.91 Å². The van der Waals surface area contributed by atoms with Gasteiger partial charge in [0.25, 0.3) is 5.91 Å². The van der Waals surface area contributed by atoms with Crippen LogP contribution in [0.15, 0.2) is 36.4 Å². The van der Waals surface area contributed by atoms with E-state index in [1.807, 2.05) is 31.2 Å². The standard InChI is InChI=1S/C18H21N3O4/c1-13-4-3-5-14(10-13)24-12-18(22)21-9-8-15(11-21)25-17-7-6-16(23-2)19-20-17/h3-7,10,15H,8-9,11-12H2,1-2H3. The molecule has 1 atom stereocenters. The Morgan fingerprint density at radius 1 is 1.24 bits per heavy atom. The number of nitrogens with zero attached hydrogens (tertiary/aromatic N) is 3. The molecule has 0 radical (unpaired) electrons. The number of carbonyl (C=O) groups excluding carboxylic acids is 1. The second-order valence-electron chi connectivity index (χ2n) is 5.89. The summed E-state index contributed by atoms with van der Waals surface area (Å²) in [6, 6.07) is 11.0. The van der Waals surface area contributed by atoms with Gasteiger partial charge in [0.2, 0.25) is 11.8 Å². The largest absolute Gasteiger partial charge is 0.484 e. The van der Waals surface area contributed by atoms with Crippen LogP contribution in [0.25, 0.3) is 0 Å². The summed E-state index contributed by atoms with van der Waals surface area (Å²) in [7, 11) is 1.53. The summed E-state index contributed by atoms with van der Waals surface area (Å²) in [6.45, 7) is 3.17. The van der Waals surface area contributed by atoms with Crippen molar-refractivity contribution in [1.29, 1.82) is 0 Å². The normalized spacial score (nSPS) is 16.6. The molecule has 7 nitrogen and oxygen atoms in total. The monoisotopic (exact) mass is 343 g/mol. The van der Waals surface area contributed by atoms with Gasteiger partial charge in [0.15, 0.2) is 6.61 Å². The van der Waals surface area contributed by atoms with Gasteiger partial charge in [-0.25, -0.2) is 0 Å². The van der Waals surface area contributed by atoms with Crippen LogP contribution in [-0.4, -0.2) is 53.9 Å². The number of rotatable bonds is 6. The molecule has 1 aromatic carbocycles. The Kier molecular flexibility index (Phi) is 5.33. The fourth-order valence-electron chi connectivity index (χ4n) is 2.64. The molecule has 1 aromatic heterocycles. The van der Waals surface area contributed by atoms with E-state index in [0.717, 1.165) is 12.0 Å². The van der Waals surface area contributed by atoms with Gasteiger partial charge in [-0.05, 0) is 24.6 Å². The van der Waals surface area contributed by atoms with Gasteiger partial charge in [-0.2, -0.15) is 0 Å². The topological polar surface area (TPSA) is 73.8 Å². The van der Waals surface area contributed by atoms with E-state index in [4.69, 9.17) is 14.2 Å². The number of amides is 1. The number of benzene rings is 1. The quantitative estimate of drug-likeness (QED) is 0.797. The summed E-state index contributed by atoms with van der Waals surface area (Å²) in [5, 5.41) is 7.81. The van der Waals surface area contributed by atoms with Crippen molar-refractivity contribution < 1.29 is 19.0 Å². The lowest BCUT2D eigenvalue weighted by molar-refractivity contribution is -0.132. The molecule has 0 spiro atoms. The van der Waals surface area contributed by atoms with E-state index in [1.165, 1.54) is 7.11 Å². The lowest BCUT2D eigenvalue weighted by atomic mass is 10.2. The van der Waals surface area contributed by atoms with Gasteiger partial charge in [-0.1, -0.05) is 12.1 Å². The molecular formula is C18H21N3O4. The Bertz CT molecular complexity index is 721. The van der Waals surface area contributed by atoms with E-state index in [1.54, 1.807) is 17.0 Å². The number of likely N-dealkylation sites (tertiary alicyclic amines) is 1. The maximum absolute atomic E-state index is 12.3. The molecule has 1 fully saturated rings. The highest BCUT2D eigenvalue weighted by molar-refractivity contribution is 5.78. The number of aryl methyl sites for hydroxylation is 1. The lowest BCUT2D eigenvalue weighted by Crippen LogP contribution is -2.34. The average molecular weight is 343 g/mol. The minimum absolute atomic E-state index is 0.0263. The van der Waals surface area contributed by atoms with E-state index < -0.39 is 0 Å². The van der Waals surface area contributed by atoms with Crippen LogP contribution in [0, 0.1) is 6.92 Å². The maximum Gasteiger partial charge on any atom is 0.260 e. The van der Waals surface area contributed by atoms with Crippen molar-refractivity contribution in [3.8, 4) is 17.5 Å². The zero-order chi connectivity index (χ0) is 17.6. The Morgan fingerprint density at radius 3 is 2.76 bits per heavy atom. The van der Waals surface area contributed by atoms with E-state index >= 15 is 0 Å². The third-order valence-corrected chi connectivity index (χ3v) is 3.96. The van der Waals surface area contributed by atoms with Gasteiger partial charge in [0, 0.05) is 25.1 Å². The van der Waals surface area contributed by atoms with Crippen LogP contribution >= 0.6 is 0 Å². The van der Waals surface area contributed by atoms with E-state index in [2.05, 4.69) is 10.2 Å². The number of ether oxygens (including phenoxy) is 3. The molecule has 1 aliphatic heterocycles. The van der Waals surface area contributed by atoms with Crippen LogP contribution in [0.2, 0.25) is 0 Å². The van der Waals surface area contributed by atoms with Gasteiger partial charge in [-0.15, -0.1) is 10.2 Å². The summed E-state index contributed by atoms with van der Waals surface area (Å²) in [5.41, 5.74) is 1.10. The third kappa shape index (κ3) is 4.59. The predicted molar refractivity (Wildman–Crippen MR) is 90.9 cm³/mol. The third-order valence-electron chi connectivity index (χ3n) is 3.96. The maximum atomic E-state index is 12.3. The molecule has 0 N–H and O–H groups in total. The van der Waals surface area contributed by atoms with Crippen molar-refractivity contribution in [2.45, 2.75) is 19.4 Å². The average Bonchev–Trinajstić information content (AvgIpc) is 3.09. The van der Waals surface area contributed by atoms with Gasteiger partial charge >= 0.3 is 0 Å². The molecule has 132 valence electrons. The Morgan fingerprint density at radius 2 is 2.04 bits per heavy atom. The van der Waals surface area contributed by atoms with Crippen LogP contribution in [-0.2, 0) is 4.79 Å². The molecule has 25 heavy (non-hydrogen) atoms. The zero-order valence-corrected chi connectivity index (χ0v) is 14.3. The Hall–Kier alpha value is -2.83. The lowest BCUT2D eigenvalue weighted by Gasteiger charge is -2.17. The van der Waals surface area contributed by atoms with Crippen LogP contribution in [0.5, 0.6) is 17.5 Å². The number of hydrogen-bond donors (Lipinski definition) is 0. The molecule has 3 rings (SSSR count). The number of methoxy groups -OCH3 is 1. The molecule has 0 aliphatic carbocycles. The smallest absolute Gasteiger partial charge is 0.260 e. The Labute approximate surface area is 146 Å². The minimum Gasteiger partial charge on any atom is -0.484 e. The van der Waals surface area contributed by atoms with Crippen LogP contribution < -0.4 is 14.2 Å². The molecule has 2 heterocycles. The molecule has 1 amide bonds. The highest BCUT2D eigenvalue weighted by Crippen LogP contribution is 2.18. The molecule has 1 unspecified atom stereocenters. The first-order valence-electron chi connectivity index (χ1n) is 8.15. The Balaban J connectivity index is 1.47. The highest BCUT2D eigenvalue weighted by Gasteiger charge is 2.28. The molecule has 1 aliphatic rings. The SMILES string of the molecule is COc1ccc(OC2CCN(C(=O)COc3cccc(C)c3)C2)nn1. The number of hydrogen-bond acceptors (Lipinski definition) is 6. The zero-order valence-electron chi connectivity index (χ0n) is 14.3. The first-order chi connectivity index (χ1) is 12.1. The molecule has 1 saturated heterocycles. The van der Waals surface area contributed by atoms with Crippen LogP contribution in [0.4, 0.5) is 0 Å². The number of carbonyl (C=O) groups is 1.